The van der Waals surface area contributed by atoms with Crippen LogP contribution in [0, 0.1) is 15.9 Å². The van der Waals surface area contributed by atoms with Crippen LogP contribution in [0.3, 0.4) is 0 Å². The van der Waals surface area contributed by atoms with Crippen molar-refractivity contribution in [2.45, 2.75) is 25.7 Å². The molecule has 0 atom stereocenters. The topological polar surface area (TPSA) is 72.6 Å². The average molecular weight is 257 g/mol. The zero-order valence-corrected chi connectivity index (χ0v) is 9.97. The van der Waals surface area contributed by atoms with E-state index in [4.69, 9.17) is 9.84 Å². The van der Waals surface area contributed by atoms with Crippen LogP contribution in [0.25, 0.3) is 0 Å². The lowest BCUT2D eigenvalue weighted by atomic mass is 10.2. The SMILES string of the molecule is O=[N+]([O-])c1cccc(F)c1OCCCCCCO. The largest absolute Gasteiger partial charge is 0.485 e. The van der Waals surface area contributed by atoms with Gasteiger partial charge in [-0.05, 0) is 25.3 Å². The van der Waals surface area contributed by atoms with E-state index in [9.17, 15) is 14.5 Å². The van der Waals surface area contributed by atoms with Crippen molar-refractivity contribution in [2.24, 2.45) is 0 Å². The second kappa shape index (κ2) is 7.60. The molecule has 0 aliphatic carbocycles. The van der Waals surface area contributed by atoms with Crippen LogP contribution in [-0.2, 0) is 0 Å². The molecule has 0 heterocycles. The minimum atomic E-state index is -0.723. The van der Waals surface area contributed by atoms with Gasteiger partial charge in [0.15, 0.2) is 5.82 Å². The van der Waals surface area contributed by atoms with Crippen molar-refractivity contribution in [1.82, 2.24) is 0 Å². The highest BCUT2D eigenvalue weighted by molar-refractivity contribution is 5.46. The Morgan fingerprint density at radius 1 is 1.28 bits per heavy atom. The molecule has 0 amide bonds. The Hall–Kier alpha value is -1.69. The molecule has 1 aromatic carbocycles. The molecule has 1 aromatic rings. The number of unbranched alkanes of at least 4 members (excludes halogenated alkanes) is 3. The van der Waals surface area contributed by atoms with E-state index in [1.807, 2.05) is 0 Å². The van der Waals surface area contributed by atoms with E-state index < -0.39 is 10.7 Å². The summed E-state index contributed by atoms with van der Waals surface area (Å²) in [6.07, 6.45) is 3.09. The van der Waals surface area contributed by atoms with Gasteiger partial charge in [-0.2, -0.15) is 0 Å². The van der Waals surface area contributed by atoms with Crippen LogP contribution in [0.1, 0.15) is 25.7 Å². The molecule has 0 aromatic heterocycles. The van der Waals surface area contributed by atoms with E-state index >= 15 is 0 Å². The number of nitro benzene ring substituents is 1. The fraction of sp³-hybridized carbons (Fsp3) is 0.500. The van der Waals surface area contributed by atoms with Crippen LogP contribution < -0.4 is 4.74 Å². The van der Waals surface area contributed by atoms with Gasteiger partial charge in [0.2, 0.25) is 5.75 Å². The first-order valence-corrected chi connectivity index (χ1v) is 5.83. The Labute approximate surface area is 104 Å². The van der Waals surface area contributed by atoms with Crippen LogP contribution in [0.15, 0.2) is 18.2 Å². The predicted molar refractivity (Wildman–Crippen MR) is 64.1 cm³/mol. The molecule has 100 valence electrons. The average Bonchev–Trinajstić information content (AvgIpc) is 2.34. The highest BCUT2D eigenvalue weighted by Gasteiger charge is 2.18. The maximum Gasteiger partial charge on any atom is 0.314 e. The van der Waals surface area contributed by atoms with Crippen molar-refractivity contribution in [2.75, 3.05) is 13.2 Å². The molecule has 18 heavy (non-hydrogen) atoms. The molecule has 6 heteroatoms. The van der Waals surface area contributed by atoms with Crippen LogP contribution in [-0.4, -0.2) is 23.2 Å². The zero-order chi connectivity index (χ0) is 13.4. The zero-order valence-electron chi connectivity index (χ0n) is 9.97. The monoisotopic (exact) mass is 257 g/mol. The normalized spacial score (nSPS) is 10.3. The van der Waals surface area contributed by atoms with Gasteiger partial charge in [0.05, 0.1) is 11.5 Å². The number of para-hydroxylation sites is 1. The summed E-state index contributed by atoms with van der Waals surface area (Å²) >= 11 is 0. The summed E-state index contributed by atoms with van der Waals surface area (Å²) in [6.45, 7) is 0.382. The highest BCUT2D eigenvalue weighted by Crippen LogP contribution is 2.29. The molecule has 0 saturated carbocycles. The van der Waals surface area contributed by atoms with Crippen LogP contribution in [0.5, 0.6) is 5.75 Å². The second-order valence-corrected chi connectivity index (χ2v) is 3.83. The smallest absolute Gasteiger partial charge is 0.314 e. The van der Waals surface area contributed by atoms with Gasteiger partial charge >= 0.3 is 5.69 Å². The first-order chi connectivity index (χ1) is 8.66. The Kier molecular flexibility index (Phi) is 6.07. The van der Waals surface area contributed by atoms with E-state index in [1.165, 1.54) is 12.1 Å². The maximum atomic E-state index is 13.4. The number of hydrogen-bond donors (Lipinski definition) is 1. The van der Waals surface area contributed by atoms with Gasteiger partial charge in [-0.1, -0.05) is 12.5 Å². The lowest BCUT2D eigenvalue weighted by Gasteiger charge is -2.07. The first-order valence-electron chi connectivity index (χ1n) is 5.83. The van der Waals surface area contributed by atoms with E-state index in [-0.39, 0.29) is 24.7 Å². The molecule has 1 rings (SSSR count). The molecule has 0 aliphatic rings. The third-order valence-electron chi connectivity index (χ3n) is 2.44. The standard InChI is InChI=1S/C12H16FNO4/c13-10-6-5-7-11(14(16)17)12(10)18-9-4-2-1-3-8-15/h5-7,15H,1-4,8-9H2. The molecule has 5 nitrogen and oxygen atoms in total. The summed E-state index contributed by atoms with van der Waals surface area (Å²) in [5.74, 6) is -1.02. The van der Waals surface area contributed by atoms with Crippen molar-refractivity contribution in [1.29, 1.82) is 0 Å². The van der Waals surface area contributed by atoms with E-state index in [0.717, 1.165) is 25.3 Å². The van der Waals surface area contributed by atoms with Crippen molar-refractivity contribution in [3.63, 3.8) is 0 Å². The van der Waals surface area contributed by atoms with Gasteiger partial charge in [0.1, 0.15) is 0 Å². The molecule has 0 saturated heterocycles. The number of rotatable bonds is 8. The fourth-order valence-electron chi connectivity index (χ4n) is 1.53. The highest BCUT2D eigenvalue weighted by atomic mass is 19.1. The molecule has 0 fully saturated rings. The van der Waals surface area contributed by atoms with Crippen LogP contribution in [0.2, 0.25) is 0 Å². The molecule has 0 radical (unpaired) electrons. The summed E-state index contributed by atoms with van der Waals surface area (Å²) < 4.78 is 18.5. The molecule has 1 N–H and O–H groups in total. The van der Waals surface area contributed by atoms with Crippen molar-refractivity contribution in [3.05, 3.63) is 34.1 Å². The van der Waals surface area contributed by atoms with Gasteiger partial charge in [-0.25, -0.2) is 4.39 Å². The number of halogens is 1. The van der Waals surface area contributed by atoms with Gasteiger partial charge < -0.3 is 9.84 Å². The summed E-state index contributed by atoms with van der Waals surface area (Å²) in [6, 6.07) is 3.62. The third-order valence-corrected chi connectivity index (χ3v) is 2.44. The summed E-state index contributed by atoms with van der Waals surface area (Å²) in [4.78, 5) is 10.0. The van der Waals surface area contributed by atoms with Crippen molar-refractivity contribution >= 4 is 5.69 Å². The number of aliphatic hydroxyl groups excluding tert-OH is 1. The maximum absolute atomic E-state index is 13.4. The summed E-state index contributed by atoms with van der Waals surface area (Å²) in [5, 5.41) is 19.3. The van der Waals surface area contributed by atoms with E-state index in [1.54, 1.807) is 0 Å². The molecular formula is C12H16FNO4. The lowest BCUT2D eigenvalue weighted by Crippen LogP contribution is -2.02. The van der Waals surface area contributed by atoms with E-state index in [2.05, 4.69) is 0 Å². The molecule has 0 aliphatic heterocycles. The number of aliphatic hydroxyl groups is 1. The van der Waals surface area contributed by atoms with Gasteiger partial charge in [0.25, 0.3) is 0 Å². The van der Waals surface area contributed by atoms with E-state index in [0.29, 0.717) is 6.42 Å². The first kappa shape index (κ1) is 14.4. The molecular weight excluding hydrogens is 241 g/mol. The molecule has 0 spiro atoms. The predicted octanol–water partition coefficient (Wildman–Crippen LogP) is 2.67. The summed E-state index contributed by atoms with van der Waals surface area (Å²) in [5.41, 5.74) is -0.356. The molecule has 0 bridgehead atoms. The Balaban J connectivity index is 2.48. The minimum absolute atomic E-state index is 0.152. The van der Waals surface area contributed by atoms with Crippen molar-refractivity contribution in [3.8, 4) is 5.75 Å². The number of ether oxygens (including phenoxy) is 1. The Bertz CT molecular complexity index is 398. The fourth-order valence-corrected chi connectivity index (χ4v) is 1.53. The number of nitrogens with zero attached hydrogens (tertiary/aromatic N) is 1. The Morgan fingerprint density at radius 2 is 2.00 bits per heavy atom. The summed E-state index contributed by atoms with van der Waals surface area (Å²) in [7, 11) is 0. The minimum Gasteiger partial charge on any atom is -0.485 e. The number of hydrogen-bond acceptors (Lipinski definition) is 4. The Morgan fingerprint density at radius 3 is 2.67 bits per heavy atom. The van der Waals surface area contributed by atoms with Crippen molar-refractivity contribution < 1.29 is 19.2 Å². The number of benzene rings is 1. The quantitative estimate of drug-likeness (QED) is 0.441. The van der Waals surface area contributed by atoms with Gasteiger partial charge in [-0.3, -0.25) is 10.1 Å². The van der Waals surface area contributed by atoms with Gasteiger partial charge in [0, 0.05) is 12.7 Å². The lowest BCUT2D eigenvalue weighted by molar-refractivity contribution is -0.386. The van der Waals surface area contributed by atoms with Crippen LogP contribution in [0.4, 0.5) is 10.1 Å². The van der Waals surface area contributed by atoms with Gasteiger partial charge in [-0.15, -0.1) is 0 Å². The third kappa shape index (κ3) is 4.29. The molecule has 0 unspecified atom stereocenters. The second-order valence-electron chi connectivity index (χ2n) is 3.83. The van der Waals surface area contributed by atoms with Crippen LogP contribution >= 0.6 is 0 Å². The number of nitro groups is 1.